The second-order valence-electron chi connectivity index (χ2n) is 4.21. The molecule has 1 aromatic carbocycles. The van der Waals surface area contributed by atoms with Gasteiger partial charge < -0.3 is 4.90 Å². The molecule has 2 aromatic rings. The normalized spacial score (nSPS) is 16.4. The molecule has 0 amide bonds. The fraction of sp³-hybridized carbons (Fsp3) is 0.308. The molecule has 0 unspecified atom stereocenters. The molecule has 3 nitrogen and oxygen atoms in total. The van der Waals surface area contributed by atoms with E-state index < -0.39 is 0 Å². The van der Waals surface area contributed by atoms with Crippen LogP contribution in [0.15, 0.2) is 28.9 Å². The minimum Gasteiger partial charge on any atom is -0.355 e. The SMILES string of the molecule is Brc1nnc(N2CC[CH]CC2)c2ccccc12. The van der Waals surface area contributed by atoms with Gasteiger partial charge in [-0.05, 0) is 35.2 Å². The highest BCUT2D eigenvalue weighted by molar-refractivity contribution is 9.10. The summed E-state index contributed by atoms with van der Waals surface area (Å²) in [5.41, 5.74) is 0. The molecule has 3 rings (SSSR count). The fourth-order valence-electron chi connectivity index (χ4n) is 2.25. The van der Waals surface area contributed by atoms with Gasteiger partial charge in [0.25, 0.3) is 0 Å². The van der Waals surface area contributed by atoms with Crippen LogP contribution in [0.1, 0.15) is 12.8 Å². The number of hydrogen-bond donors (Lipinski definition) is 0. The minimum absolute atomic E-state index is 0.820. The molecular formula is C13H13BrN3. The summed E-state index contributed by atoms with van der Waals surface area (Å²) >= 11 is 3.46. The number of piperidine rings is 1. The molecule has 0 aliphatic carbocycles. The lowest BCUT2D eigenvalue weighted by Crippen LogP contribution is -2.30. The first-order valence-corrected chi connectivity index (χ1v) is 6.63. The Hall–Kier alpha value is -1.16. The molecule has 4 heteroatoms. The number of hydrogen-bond acceptors (Lipinski definition) is 3. The van der Waals surface area contributed by atoms with Crippen molar-refractivity contribution in [2.75, 3.05) is 18.0 Å². The van der Waals surface area contributed by atoms with Crippen LogP contribution in [0.5, 0.6) is 0 Å². The van der Waals surface area contributed by atoms with Gasteiger partial charge in [0.05, 0.1) is 0 Å². The molecule has 0 atom stereocenters. The van der Waals surface area contributed by atoms with Crippen LogP contribution in [0.4, 0.5) is 5.82 Å². The van der Waals surface area contributed by atoms with Crippen molar-refractivity contribution < 1.29 is 0 Å². The van der Waals surface area contributed by atoms with Crippen molar-refractivity contribution in [1.82, 2.24) is 10.2 Å². The van der Waals surface area contributed by atoms with Gasteiger partial charge in [-0.25, -0.2) is 0 Å². The van der Waals surface area contributed by atoms with E-state index >= 15 is 0 Å². The van der Waals surface area contributed by atoms with E-state index in [2.05, 4.69) is 55.6 Å². The number of aromatic nitrogens is 2. The van der Waals surface area contributed by atoms with Gasteiger partial charge in [-0.3, -0.25) is 0 Å². The van der Waals surface area contributed by atoms with Crippen molar-refractivity contribution >= 4 is 32.5 Å². The quantitative estimate of drug-likeness (QED) is 0.808. The van der Waals surface area contributed by atoms with Crippen LogP contribution in [-0.2, 0) is 0 Å². The number of nitrogens with zero attached hydrogens (tertiary/aromatic N) is 3. The summed E-state index contributed by atoms with van der Waals surface area (Å²) in [4.78, 5) is 2.32. The second kappa shape index (κ2) is 4.61. The van der Waals surface area contributed by atoms with E-state index in [1.807, 2.05) is 6.07 Å². The Labute approximate surface area is 109 Å². The van der Waals surface area contributed by atoms with Crippen molar-refractivity contribution in [3.63, 3.8) is 0 Å². The summed E-state index contributed by atoms with van der Waals surface area (Å²) in [6.45, 7) is 2.08. The number of anilines is 1. The lowest BCUT2D eigenvalue weighted by atomic mass is 10.1. The van der Waals surface area contributed by atoms with Crippen molar-refractivity contribution in [3.05, 3.63) is 35.3 Å². The molecule has 1 fully saturated rings. The zero-order chi connectivity index (χ0) is 11.7. The average molecular weight is 291 g/mol. The van der Waals surface area contributed by atoms with E-state index in [0.717, 1.165) is 41.7 Å². The first-order valence-electron chi connectivity index (χ1n) is 5.84. The Balaban J connectivity index is 2.12. The highest BCUT2D eigenvalue weighted by atomic mass is 79.9. The lowest BCUT2D eigenvalue weighted by molar-refractivity contribution is 0.668. The van der Waals surface area contributed by atoms with Crippen molar-refractivity contribution in [3.8, 4) is 0 Å². The monoisotopic (exact) mass is 290 g/mol. The molecule has 0 saturated carbocycles. The maximum atomic E-state index is 4.35. The molecule has 1 radical (unpaired) electrons. The van der Waals surface area contributed by atoms with Crippen LogP contribution in [0, 0.1) is 6.42 Å². The van der Waals surface area contributed by atoms with Crippen LogP contribution in [0.25, 0.3) is 10.8 Å². The molecule has 1 aliphatic rings. The van der Waals surface area contributed by atoms with Crippen molar-refractivity contribution in [2.24, 2.45) is 0 Å². The molecule has 2 heterocycles. The average Bonchev–Trinajstić information content (AvgIpc) is 2.41. The van der Waals surface area contributed by atoms with E-state index in [1.54, 1.807) is 0 Å². The van der Waals surface area contributed by atoms with Crippen LogP contribution in [0.3, 0.4) is 0 Å². The van der Waals surface area contributed by atoms with Crippen LogP contribution < -0.4 is 4.90 Å². The molecule has 1 aromatic heterocycles. The molecule has 0 spiro atoms. The van der Waals surface area contributed by atoms with Gasteiger partial charge in [-0.2, -0.15) is 0 Å². The molecular weight excluding hydrogens is 278 g/mol. The highest BCUT2D eigenvalue weighted by Crippen LogP contribution is 2.29. The van der Waals surface area contributed by atoms with E-state index in [1.165, 1.54) is 5.39 Å². The highest BCUT2D eigenvalue weighted by Gasteiger charge is 2.16. The lowest BCUT2D eigenvalue weighted by Gasteiger charge is -2.28. The number of fused-ring (bicyclic) bond motifs is 1. The zero-order valence-electron chi connectivity index (χ0n) is 9.43. The van der Waals surface area contributed by atoms with Gasteiger partial charge in [0.2, 0.25) is 0 Å². The zero-order valence-corrected chi connectivity index (χ0v) is 11.0. The number of rotatable bonds is 1. The van der Waals surface area contributed by atoms with E-state index in [-0.39, 0.29) is 0 Å². The second-order valence-corrected chi connectivity index (χ2v) is 4.96. The van der Waals surface area contributed by atoms with Gasteiger partial charge in [0, 0.05) is 23.9 Å². The molecule has 17 heavy (non-hydrogen) atoms. The standard InChI is InChI=1S/C13H13BrN3/c14-12-10-6-2-3-7-11(10)13(16-15-12)17-8-4-1-5-9-17/h1-3,6-7H,4-5,8-9H2. The van der Waals surface area contributed by atoms with Crippen molar-refractivity contribution in [1.29, 1.82) is 0 Å². The first-order chi connectivity index (χ1) is 8.36. The Morgan fingerprint density at radius 1 is 1.00 bits per heavy atom. The molecule has 0 N–H and O–H groups in total. The van der Waals surface area contributed by atoms with Gasteiger partial charge in [0.1, 0.15) is 4.60 Å². The maximum absolute atomic E-state index is 4.35. The number of halogens is 1. The molecule has 1 saturated heterocycles. The summed E-state index contributed by atoms with van der Waals surface area (Å²) < 4.78 is 0.820. The van der Waals surface area contributed by atoms with Crippen molar-refractivity contribution in [2.45, 2.75) is 12.8 Å². The summed E-state index contributed by atoms with van der Waals surface area (Å²) in [5, 5.41) is 10.9. The van der Waals surface area contributed by atoms with E-state index in [4.69, 9.17) is 0 Å². The third kappa shape index (κ3) is 2.02. The summed E-state index contributed by atoms with van der Waals surface area (Å²) in [6, 6.07) is 8.27. The van der Waals surface area contributed by atoms with Crippen LogP contribution >= 0.6 is 15.9 Å². The Bertz CT molecular complexity index is 535. The molecule has 87 valence electrons. The Kier molecular flexibility index (Phi) is 2.97. The summed E-state index contributed by atoms with van der Waals surface area (Å²) in [7, 11) is 0. The van der Waals surface area contributed by atoms with Gasteiger partial charge >= 0.3 is 0 Å². The summed E-state index contributed by atoms with van der Waals surface area (Å²) in [6.07, 6.45) is 4.60. The molecule has 0 bridgehead atoms. The van der Waals surface area contributed by atoms with Gasteiger partial charge in [-0.15, -0.1) is 10.2 Å². The smallest absolute Gasteiger partial charge is 0.159 e. The fourth-order valence-corrected chi connectivity index (χ4v) is 2.68. The first kappa shape index (κ1) is 11.0. The Morgan fingerprint density at radius 3 is 2.47 bits per heavy atom. The topological polar surface area (TPSA) is 29.0 Å². The Morgan fingerprint density at radius 2 is 1.71 bits per heavy atom. The molecule has 1 aliphatic heterocycles. The maximum Gasteiger partial charge on any atom is 0.159 e. The van der Waals surface area contributed by atoms with Gasteiger partial charge in [0.15, 0.2) is 5.82 Å². The predicted octanol–water partition coefficient (Wildman–Crippen LogP) is 3.20. The minimum atomic E-state index is 0.820. The largest absolute Gasteiger partial charge is 0.355 e. The van der Waals surface area contributed by atoms with Gasteiger partial charge in [-0.1, -0.05) is 24.3 Å². The predicted molar refractivity (Wildman–Crippen MR) is 73.0 cm³/mol. The third-order valence-corrected chi connectivity index (χ3v) is 3.71. The van der Waals surface area contributed by atoms with E-state index in [0.29, 0.717) is 0 Å². The van der Waals surface area contributed by atoms with Crippen LogP contribution in [0.2, 0.25) is 0 Å². The summed E-state index contributed by atoms with van der Waals surface area (Å²) in [5.74, 6) is 1.01. The van der Waals surface area contributed by atoms with E-state index in [9.17, 15) is 0 Å². The van der Waals surface area contributed by atoms with Crippen LogP contribution in [-0.4, -0.2) is 23.3 Å². The third-order valence-electron chi connectivity index (χ3n) is 3.13. The number of benzene rings is 1.